The van der Waals surface area contributed by atoms with Gasteiger partial charge in [0.15, 0.2) is 0 Å². The number of aromatic nitrogens is 4. The van der Waals surface area contributed by atoms with E-state index in [2.05, 4.69) is 99.9 Å². The van der Waals surface area contributed by atoms with Crippen LogP contribution in [0.2, 0.25) is 0 Å². The van der Waals surface area contributed by atoms with Gasteiger partial charge in [0.2, 0.25) is 0 Å². The highest BCUT2D eigenvalue weighted by atomic mass is 14.7. The minimum absolute atomic E-state index is 0.918. The Bertz CT molecular complexity index is 1850. The molecule has 0 saturated heterocycles. The topological polar surface area (TPSA) is 51.6 Å². The van der Waals surface area contributed by atoms with Crippen LogP contribution < -0.4 is 0 Å². The summed E-state index contributed by atoms with van der Waals surface area (Å²) < 4.78 is 0. The second-order valence-electron chi connectivity index (χ2n) is 10.1. The van der Waals surface area contributed by atoms with Gasteiger partial charge in [-0.3, -0.25) is 15.0 Å². The fourth-order valence-electron chi connectivity index (χ4n) is 5.16. The predicted molar refractivity (Wildman–Crippen MR) is 170 cm³/mol. The number of nitrogens with zero attached hydrogens (tertiary/aromatic N) is 4. The van der Waals surface area contributed by atoms with E-state index in [1.807, 2.05) is 73.4 Å². The van der Waals surface area contributed by atoms with E-state index in [0.717, 1.165) is 67.2 Å². The molecule has 7 rings (SSSR count). The van der Waals surface area contributed by atoms with E-state index in [4.69, 9.17) is 4.98 Å². The maximum Gasteiger partial charge on any atom is 0.0715 e. The highest BCUT2D eigenvalue weighted by molar-refractivity contribution is 5.81. The Hall–Kier alpha value is -5.74. The van der Waals surface area contributed by atoms with Crippen molar-refractivity contribution in [3.8, 4) is 67.2 Å². The lowest BCUT2D eigenvalue weighted by Crippen LogP contribution is -1.92. The Kier molecular flexibility index (Phi) is 6.85. The molecular formula is C38H26N4. The molecule has 4 nitrogen and oxygen atoms in total. The van der Waals surface area contributed by atoms with Gasteiger partial charge in [-0.25, -0.2) is 4.98 Å². The largest absolute Gasteiger partial charge is 0.265 e. The fourth-order valence-corrected chi connectivity index (χ4v) is 5.16. The summed E-state index contributed by atoms with van der Waals surface area (Å²) in [5.41, 5.74) is 12.7. The summed E-state index contributed by atoms with van der Waals surface area (Å²) in [7, 11) is 0. The van der Waals surface area contributed by atoms with Crippen LogP contribution >= 0.6 is 0 Å². The SMILES string of the molecule is c1ccc(-c2ccc(-c3cc(-c4cccc(-c5ccncc5)c4)nc(-c4cccc(-c5ccncc5)c4)c3)cc2)nc1. The molecule has 4 heterocycles. The maximum atomic E-state index is 5.20. The standard InChI is InChI=1S/C38H26N4/c1-2-18-41-36(9-1)30-12-10-27(11-13-30)35-25-37(33-7-3-5-31(23-33)28-14-19-39-20-15-28)42-38(26-35)34-8-4-6-32(24-34)29-16-21-40-22-17-29/h1-26H. The molecule has 0 radical (unpaired) electrons. The number of hydrogen-bond acceptors (Lipinski definition) is 4. The van der Waals surface area contributed by atoms with Crippen molar-refractivity contribution in [3.63, 3.8) is 0 Å². The lowest BCUT2D eigenvalue weighted by Gasteiger charge is -2.13. The van der Waals surface area contributed by atoms with Gasteiger partial charge in [-0.05, 0) is 94.0 Å². The van der Waals surface area contributed by atoms with Crippen molar-refractivity contribution >= 4 is 0 Å². The quantitative estimate of drug-likeness (QED) is 0.212. The van der Waals surface area contributed by atoms with Crippen molar-refractivity contribution in [3.05, 3.63) is 158 Å². The van der Waals surface area contributed by atoms with Crippen molar-refractivity contribution in [2.24, 2.45) is 0 Å². The average molecular weight is 539 g/mol. The van der Waals surface area contributed by atoms with E-state index in [1.54, 1.807) is 0 Å². The van der Waals surface area contributed by atoms with Crippen LogP contribution in [-0.2, 0) is 0 Å². The highest BCUT2D eigenvalue weighted by Crippen LogP contribution is 2.34. The van der Waals surface area contributed by atoms with Gasteiger partial charge in [-0.2, -0.15) is 0 Å². The Balaban J connectivity index is 1.35. The van der Waals surface area contributed by atoms with Crippen LogP contribution in [0, 0.1) is 0 Å². The molecule has 42 heavy (non-hydrogen) atoms. The van der Waals surface area contributed by atoms with E-state index in [9.17, 15) is 0 Å². The molecule has 198 valence electrons. The summed E-state index contributed by atoms with van der Waals surface area (Å²) >= 11 is 0. The normalized spacial score (nSPS) is 10.9. The van der Waals surface area contributed by atoms with Gasteiger partial charge >= 0.3 is 0 Å². The number of benzene rings is 3. The lowest BCUT2D eigenvalue weighted by atomic mass is 9.96. The summed E-state index contributed by atoms with van der Waals surface area (Å²) in [5.74, 6) is 0. The molecule has 0 aliphatic heterocycles. The zero-order chi connectivity index (χ0) is 28.1. The molecule has 0 spiro atoms. The summed E-state index contributed by atoms with van der Waals surface area (Å²) in [6.45, 7) is 0. The lowest BCUT2D eigenvalue weighted by molar-refractivity contribution is 1.31. The van der Waals surface area contributed by atoms with E-state index < -0.39 is 0 Å². The Labute approximate surface area is 245 Å². The van der Waals surface area contributed by atoms with Crippen LogP contribution in [0.5, 0.6) is 0 Å². The van der Waals surface area contributed by atoms with Gasteiger partial charge in [-0.1, -0.05) is 66.7 Å². The van der Waals surface area contributed by atoms with Gasteiger partial charge in [0.25, 0.3) is 0 Å². The Morgan fingerprint density at radius 1 is 0.286 bits per heavy atom. The number of rotatable bonds is 6. The first kappa shape index (κ1) is 25.2. The van der Waals surface area contributed by atoms with Gasteiger partial charge < -0.3 is 0 Å². The smallest absolute Gasteiger partial charge is 0.0715 e. The molecule has 0 N–H and O–H groups in total. The Morgan fingerprint density at radius 3 is 1.31 bits per heavy atom. The zero-order valence-electron chi connectivity index (χ0n) is 22.8. The van der Waals surface area contributed by atoms with Crippen LogP contribution in [0.3, 0.4) is 0 Å². The van der Waals surface area contributed by atoms with Crippen LogP contribution in [-0.4, -0.2) is 19.9 Å². The van der Waals surface area contributed by atoms with Crippen molar-refractivity contribution in [1.29, 1.82) is 0 Å². The van der Waals surface area contributed by atoms with E-state index in [-0.39, 0.29) is 0 Å². The van der Waals surface area contributed by atoms with Crippen LogP contribution in [0.1, 0.15) is 0 Å². The number of hydrogen-bond donors (Lipinski definition) is 0. The van der Waals surface area contributed by atoms with Crippen LogP contribution in [0.25, 0.3) is 67.2 Å². The molecule has 4 heteroatoms. The van der Waals surface area contributed by atoms with Crippen molar-refractivity contribution < 1.29 is 0 Å². The van der Waals surface area contributed by atoms with Crippen LogP contribution in [0.4, 0.5) is 0 Å². The molecule has 0 fully saturated rings. The third-order valence-electron chi connectivity index (χ3n) is 7.35. The molecule has 4 aromatic heterocycles. The molecule has 0 unspecified atom stereocenters. The van der Waals surface area contributed by atoms with Gasteiger partial charge in [0.1, 0.15) is 0 Å². The molecule has 0 aliphatic rings. The first-order chi connectivity index (χ1) is 20.8. The minimum atomic E-state index is 0.918. The van der Waals surface area contributed by atoms with E-state index in [1.165, 1.54) is 0 Å². The number of pyridine rings is 4. The van der Waals surface area contributed by atoms with E-state index in [0.29, 0.717) is 0 Å². The summed E-state index contributed by atoms with van der Waals surface area (Å²) in [6, 6.07) is 44.1. The second-order valence-corrected chi connectivity index (χ2v) is 10.1. The molecule has 7 aromatic rings. The predicted octanol–water partition coefficient (Wildman–Crippen LogP) is 9.27. The van der Waals surface area contributed by atoms with Crippen molar-refractivity contribution in [2.75, 3.05) is 0 Å². The van der Waals surface area contributed by atoms with Crippen LogP contribution in [0.15, 0.2) is 158 Å². The maximum absolute atomic E-state index is 5.20. The molecule has 0 aliphatic carbocycles. The molecule has 0 bridgehead atoms. The zero-order valence-corrected chi connectivity index (χ0v) is 22.8. The molecule has 0 amide bonds. The van der Waals surface area contributed by atoms with E-state index >= 15 is 0 Å². The van der Waals surface area contributed by atoms with Gasteiger partial charge in [-0.15, -0.1) is 0 Å². The Morgan fingerprint density at radius 2 is 0.786 bits per heavy atom. The molecular weight excluding hydrogens is 512 g/mol. The highest BCUT2D eigenvalue weighted by Gasteiger charge is 2.12. The third-order valence-corrected chi connectivity index (χ3v) is 7.35. The average Bonchev–Trinajstić information content (AvgIpc) is 3.09. The first-order valence-corrected chi connectivity index (χ1v) is 13.9. The second kappa shape index (κ2) is 11.4. The van der Waals surface area contributed by atoms with Gasteiger partial charge in [0, 0.05) is 47.7 Å². The summed E-state index contributed by atoms with van der Waals surface area (Å²) in [5, 5.41) is 0. The van der Waals surface area contributed by atoms with Crippen molar-refractivity contribution in [1.82, 2.24) is 19.9 Å². The first-order valence-electron chi connectivity index (χ1n) is 13.9. The molecule has 0 atom stereocenters. The fraction of sp³-hybridized carbons (Fsp3) is 0. The molecule has 3 aromatic carbocycles. The molecule has 0 saturated carbocycles. The minimum Gasteiger partial charge on any atom is -0.265 e. The monoisotopic (exact) mass is 538 g/mol. The summed E-state index contributed by atoms with van der Waals surface area (Å²) in [6.07, 6.45) is 9.12. The third kappa shape index (κ3) is 5.34. The van der Waals surface area contributed by atoms with Crippen molar-refractivity contribution in [2.45, 2.75) is 0 Å². The van der Waals surface area contributed by atoms with Gasteiger partial charge in [0.05, 0.1) is 17.1 Å². The summed E-state index contributed by atoms with van der Waals surface area (Å²) in [4.78, 5) is 18.1.